The van der Waals surface area contributed by atoms with Crippen molar-refractivity contribution in [1.82, 2.24) is 15.5 Å². The van der Waals surface area contributed by atoms with Crippen molar-refractivity contribution >= 4 is 17.6 Å². The maximum Gasteiger partial charge on any atom is 0.237 e. The van der Waals surface area contributed by atoms with E-state index < -0.39 is 0 Å². The van der Waals surface area contributed by atoms with Gasteiger partial charge in [-0.15, -0.1) is 0 Å². The molecule has 4 unspecified atom stereocenters. The van der Waals surface area contributed by atoms with E-state index in [1.165, 1.54) is 0 Å². The molecule has 8 nitrogen and oxygen atoms in total. The minimum Gasteiger partial charge on any atom is -0.387 e. The topological polar surface area (TPSA) is 137 Å². The van der Waals surface area contributed by atoms with Gasteiger partial charge in [-0.1, -0.05) is 0 Å². The first-order valence-electron chi connectivity index (χ1n) is 12.8. The Bertz CT molecular complexity index is 686. The van der Waals surface area contributed by atoms with Gasteiger partial charge >= 0.3 is 0 Å². The van der Waals surface area contributed by atoms with Crippen LogP contribution in [0.2, 0.25) is 0 Å². The molecule has 0 radical (unpaired) electrons. The van der Waals surface area contributed by atoms with Gasteiger partial charge in [-0.25, -0.2) is 0 Å². The number of fused-ring (bicyclic) bond motifs is 1. The van der Waals surface area contributed by atoms with E-state index in [1.54, 1.807) is 0 Å². The lowest BCUT2D eigenvalue weighted by atomic mass is 9.77. The molecule has 32 heavy (non-hydrogen) atoms. The summed E-state index contributed by atoms with van der Waals surface area (Å²) < 4.78 is 0. The van der Waals surface area contributed by atoms with Crippen molar-refractivity contribution in [2.75, 3.05) is 26.2 Å². The number of hydrogen-bond donors (Lipinski definition) is 5. The van der Waals surface area contributed by atoms with E-state index in [0.717, 1.165) is 90.4 Å². The van der Waals surface area contributed by atoms with Gasteiger partial charge in [-0.3, -0.25) is 19.9 Å². The lowest BCUT2D eigenvalue weighted by molar-refractivity contribution is -0.126. The Hall–Kier alpha value is -1.67. The van der Waals surface area contributed by atoms with Crippen molar-refractivity contribution in [3.8, 4) is 0 Å². The summed E-state index contributed by atoms with van der Waals surface area (Å²) in [5, 5.41) is 14.6. The minimum absolute atomic E-state index is 0.0124. The molecule has 2 aliphatic carbocycles. The molecule has 4 rings (SSSR count). The average molecular weight is 447 g/mol. The Labute approximate surface area is 192 Å². The van der Waals surface area contributed by atoms with Gasteiger partial charge in [-0.2, -0.15) is 0 Å². The first-order valence-corrected chi connectivity index (χ1v) is 12.8. The SMILES string of the molecule is N=C(N)C1CCC2CC(C(=O)NCC3CCNCC3)N(CC3CCC(C(N)=O)CC3)C2C1. The number of carbonyl (C=O) groups excluding carboxylic acids is 2. The predicted octanol–water partition coefficient (Wildman–Crippen LogP) is 1.19. The summed E-state index contributed by atoms with van der Waals surface area (Å²) in [7, 11) is 0. The zero-order valence-electron chi connectivity index (χ0n) is 19.4. The number of rotatable bonds is 7. The lowest BCUT2D eigenvalue weighted by Crippen LogP contribution is -2.50. The van der Waals surface area contributed by atoms with Crippen molar-refractivity contribution in [3.05, 3.63) is 0 Å². The number of nitrogens with zero attached hydrogens (tertiary/aromatic N) is 1. The minimum atomic E-state index is -0.170. The molecule has 0 aromatic heterocycles. The molecule has 4 fully saturated rings. The Morgan fingerprint density at radius 1 is 0.906 bits per heavy atom. The first kappa shape index (κ1) is 23.5. The fourth-order valence-electron chi connectivity index (χ4n) is 6.72. The zero-order chi connectivity index (χ0) is 22.7. The maximum absolute atomic E-state index is 13.3. The van der Waals surface area contributed by atoms with E-state index in [1.807, 2.05) is 0 Å². The predicted molar refractivity (Wildman–Crippen MR) is 125 cm³/mol. The highest BCUT2D eigenvalue weighted by Gasteiger charge is 2.48. The van der Waals surface area contributed by atoms with Crippen LogP contribution in [0.5, 0.6) is 0 Å². The smallest absolute Gasteiger partial charge is 0.237 e. The Balaban J connectivity index is 1.41. The van der Waals surface area contributed by atoms with Crippen LogP contribution in [-0.4, -0.2) is 60.8 Å². The highest BCUT2D eigenvalue weighted by Crippen LogP contribution is 2.43. The standard InChI is InChI=1S/C24H42N6O2/c25-22(26)19-6-5-18-11-21(24(32)29-13-15-7-9-28-10-8-15)30(20(18)12-19)14-16-1-3-17(4-2-16)23(27)31/h15-21,28H,1-14H2,(H3,25,26)(H2,27,31)(H,29,32). The molecule has 4 aliphatic rings. The molecular weight excluding hydrogens is 404 g/mol. The van der Waals surface area contributed by atoms with E-state index in [9.17, 15) is 9.59 Å². The first-order chi connectivity index (χ1) is 15.4. The third-order valence-electron chi connectivity index (χ3n) is 8.79. The number of primary amides is 1. The number of hydrogen-bond acceptors (Lipinski definition) is 5. The van der Waals surface area contributed by atoms with Gasteiger partial charge in [0.2, 0.25) is 11.8 Å². The second-order valence-electron chi connectivity index (χ2n) is 10.8. The molecule has 8 heteroatoms. The number of carbonyl (C=O) groups is 2. The van der Waals surface area contributed by atoms with E-state index in [2.05, 4.69) is 15.5 Å². The molecule has 2 saturated heterocycles. The molecule has 2 saturated carbocycles. The van der Waals surface area contributed by atoms with Gasteiger partial charge in [0.15, 0.2) is 0 Å². The molecule has 4 atom stereocenters. The number of nitrogens with two attached hydrogens (primary N) is 2. The Kier molecular flexibility index (Phi) is 7.71. The van der Waals surface area contributed by atoms with Crippen LogP contribution in [0, 0.1) is 35.0 Å². The van der Waals surface area contributed by atoms with E-state index in [-0.39, 0.29) is 29.7 Å². The number of piperidine rings is 1. The summed E-state index contributed by atoms with van der Waals surface area (Å²) in [6, 6.07) is 0.257. The largest absolute Gasteiger partial charge is 0.387 e. The van der Waals surface area contributed by atoms with Crippen molar-refractivity contribution < 1.29 is 9.59 Å². The number of nitrogens with one attached hydrogen (secondary N) is 3. The monoisotopic (exact) mass is 446 g/mol. The van der Waals surface area contributed by atoms with Gasteiger partial charge in [0.1, 0.15) is 0 Å². The van der Waals surface area contributed by atoms with Crippen LogP contribution in [0.25, 0.3) is 0 Å². The van der Waals surface area contributed by atoms with Crippen LogP contribution in [0.3, 0.4) is 0 Å². The van der Waals surface area contributed by atoms with E-state index in [0.29, 0.717) is 29.6 Å². The van der Waals surface area contributed by atoms with Crippen molar-refractivity contribution in [3.63, 3.8) is 0 Å². The highest BCUT2D eigenvalue weighted by atomic mass is 16.2. The van der Waals surface area contributed by atoms with Gasteiger partial charge in [0.25, 0.3) is 0 Å². The van der Waals surface area contributed by atoms with E-state index in [4.69, 9.17) is 16.9 Å². The molecule has 0 aromatic carbocycles. The average Bonchev–Trinajstić information content (AvgIpc) is 3.16. The number of amidine groups is 1. The van der Waals surface area contributed by atoms with Crippen molar-refractivity contribution in [2.45, 2.75) is 76.3 Å². The molecular formula is C24H42N6O2. The zero-order valence-corrected chi connectivity index (χ0v) is 19.4. The molecule has 2 aliphatic heterocycles. The van der Waals surface area contributed by atoms with Crippen LogP contribution in [-0.2, 0) is 9.59 Å². The normalized spacial score (nSPS) is 36.4. The fraction of sp³-hybridized carbons (Fsp3) is 0.875. The van der Waals surface area contributed by atoms with Crippen LogP contribution >= 0.6 is 0 Å². The maximum atomic E-state index is 13.3. The summed E-state index contributed by atoms with van der Waals surface area (Å²) in [5.74, 6) is 2.05. The lowest BCUT2D eigenvalue weighted by Gasteiger charge is -2.39. The summed E-state index contributed by atoms with van der Waals surface area (Å²) in [4.78, 5) is 27.4. The number of amides is 2. The van der Waals surface area contributed by atoms with Crippen molar-refractivity contribution in [2.24, 2.45) is 41.1 Å². The van der Waals surface area contributed by atoms with Crippen LogP contribution in [0.15, 0.2) is 0 Å². The Morgan fingerprint density at radius 2 is 1.59 bits per heavy atom. The molecule has 0 aromatic rings. The third-order valence-corrected chi connectivity index (χ3v) is 8.79. The summed E-state index contributed by atoms with van der Waals surface area (Å²) >= 11 is 0. The molecule has 2 heterocycles. The van der Waals surface area contributed by atoms with Crippen molar-refractivity contribution in [1.29, 1.82) is 5.41 Å². The van der Waals surface area contributed by atoms with Crippen LogP contribution < -0.4 is 22.1 Å². The molecule has 2 amide bonds. The molecule has 0 bridgehead atoms. The van der Waals surface area contributed by atoms with Gasteiger partial charge < -0.3 is 22.1 Å². The van der Waals surface area contributed by atoms with Gasteiger partial charge in [0, 0.05) is 31.0 Å². The molecule has 7 N–H and O–H groups in total. The molecule has 180 valence electrons. The van der Waals surface area contributed by atoms with E-state index >= 15 is 0 Å². The molecule has 0 spiro atoms. The highest BCUT2D eigenvalue weighted by molar-refractivity contribution is 5.82. The second kappa shape index (κ2) is 10.5. The second-order valence-corrected chi connectivity index (χ2v) is 10.8. The summed E-state index contributed by atoms with van der Waals surface area (Å²) in [6.45, 7) is 3.77. The fourth-order valence-corrected chi connectivity index (χ4v) is 6.72. The van der Waals surface area contributed by atoms with Crippen LogP contribution in [0.4, 0.5) is 0 Å². The van der Waals surface area contributed by atoms with Gasteiger partial charge in [-0.05, 0) is 95.1 Å². The summed E-state index contributed by atoms with van der Waals surface area (Å²) in [6.07, 6.45) is 9.83. The van der Waals surface area contributed by atoms with Gasteiger partial charge in [0.05, 0.1) is 11.9 Å². The quantitative estimate of drug-likeness (QED) is 0.295. The number of likely N-dealkylation sites (tertiary alicyclic amines) is 1. The van der Waals surface area contributed by atoms with Crippen LogP contribution in [0.1, 0.15) is 64.2 Å². The third kappa shape index (κ3) is 5.45. The summed E-state index contributed by atoms with van der Waals surface area (Å²) in [5.41, 5.74) is 11.4. The Morgan fingerprint density at radius 3 is 2.25 bits per heavy atom.